The largest absolute Gasteiger partial charge is 0.497 e. The predicted molar refractivity (Wildman–Crippen MR) is 104 cm³/mol. The second kappa shape index (κ2) is 8.56. The molecule has 3 rings (SSSR count). The molecule has 0 radical (unpaired) electrons. The van der Waals surface area contributed by atoms with Gasteiger partial charge in [0.1, 0.15) is 11.5 Å². The monoisotopic (exact) mass is 382 g/mol. The Morgan fingerprint density at radius 1 is 1.00 bits per heavy atom. The van der Waals surface area contributed by atoms with Gasteiger partial charge >= 0.3 is 5.97 Å². The van der Waals surface area contributed by atoms with Crippen LogP contribution in [0.3, 0.4) is 0 Å². The van der Waals surface area contributed by atoms with Gasteiger partial charge in [-0.05, 0) is 47.5 Å². The van der Waals surface area contributed by atoms with Crippen molar-refractivity contribution >= 4 is 17.6 Å². The lowest BCUT2D eigenvalue weighted by atomic mass is 9.98. The molecule has 1 amide bonds. The Bertz CT molecular complexity index is 875. The highest BCUT2D eigenvalue weighted by Gasteiger charge is 2.33. The number of hydrogen-bond acceptors (Lipinski definition) is 5. The van der Waals surface area contributed by atoms with Crippen LogP contribution in [0.2, 0.25) is 0 Å². The SMILES string of the molecule is COc1ccc(C2=NN(C(=O)CCC(=O)O)[C@@H](c3ccc(OC)cc3)C2)cc1. The number of carboxylic acids is 1. The second-order valence-corrected chi connectivity index (χ2v) is 6.40. The molecule has 1 N–H and O–H groups in total. The second-order valence-electron chi connectivity index (χ2n) is 6.40. The molecule has 0 unspecified atom stereocenters. The molecule has 1 atom stereocenters. The van der Waals surface area contributed by atoms with Crippen LogP contribution in [0.25, 0.3) is 0 Å². The third-order valence-electron chi connectivity index (χ3n) is 4.64. The molecular formula is C21H22N2O5. The summed E-state index contributed by atoms with van der Waals surface area (Å²) in [6, 6.07) is 14.7. The van der Waals surface area contributed by atoms with Gasteiger partial charge in [-0.2, -0.15) is 5.10 Å². The number of amides is 1. The third kappa shape index (κ3) is 4.31. The Labute approximate surface area is 163 Å². The minimum absolute atomic E-state index is 0.0959. The number of carbonyl (C=O) groups excluding carboxylic acids is 1. The highest BCUT2D eigenvalue weighted by Crippen LogP contribution is 2.34. The van der Waals surface area contributed by atoms with Crippen LogP contribution in [-0.2, 0) is 9.59 Å². The molecule has 0 spiro atoms. The Morgan fingerprint density at radius 2 is 1.57 bits per heavy atom. The van der Waals surface area contributed by atoms with E-state index in [-0.39, 0.29) is 24.8 Å². The lowest BCUT2D eigenvalue weighted by molar-refractivity contribution is -0.141. The number of carboxylic acid groups (broad SMARTS) is 1. The van der Waals surface area contributed by atoms with E-state index in [0.717, 1.165) is 28.3 Å². The van der Waals surface area contributed by atoms with Crippen molar-refractivity contribution in [1.29, 1.82) is 0 Å². The summed E-state index contributed by atoms with van der Waals surface area (Å²) >= 11 is 0. The summed E-state index contributed by atoms with van der Waals surface area (Å²) in [5.74, 6) is 0.143. The van der Waals surface area contributed by atoms with Gasteiger partial charge in [-0.15, -0.1) is 0 Å². The van der Waals surface area contributed by atoms with Crippen LogP contribution in [0.15, 0.2) is 53.6 Å². The number of hydrazone groups is 1. The fourth-order valence-electron chi connectivity index (χ4n) is 3.11. The van der Waals surface area contributed by atoms with E-state index >= 15 is 0 Å². The first-order chi connectivity index (χ1) is 13.5. The first-order valence-corrected chi connectivity index (χ1v) is 8.91. The van der Waals surface area contributed by atoms with Gasteiger partial charge < -0.3 is 14.6 Å². The summed E-state index contributed by atoms with van der Waals surface area (Å²) in [7, 11) is 3.20. The molecule has 1 heterocycles. The molecule has 28 heavy (non-hydrogen) atoms. The summed E-state index contributed by atoms with van der Waals surface area (Å²) in [5.41, 5.74) is 2.58. The zero-order chi connectivity index (χ0) is 20.1. The molecule has 0 fully saturated rings. The number of nitrogens with zero attached hydrogens (tertiary/aromatic N) is 2. The molecule has 2 aromatic rings. The van der Waals surface area contributed by atoms with Crippen molar-refractivity contribution in [1.82, 2.24) is 5.01 Å². The molecule has 0 aliphatic carbocycles. The standard InChI is InChI=1S/C21H22N2O5/c1-27-16-7-3-14(4-8-16)18-13-19(15-5-9-17(28-2)10-6-15)23(22-18)20(24)11-12-21(25)26/h3-10,19H,11-13H2,1-2H3,(H,25,26)/t19-/m1/s1. The Hall–Kier alpha value is -3.35. The van der Waals surface area contributed by atoms with Crippen molar-refractivity contribution in [2.75, 3.05) is 14.2 Å². The predicted octanol–water partition coefficient (Wildman–Crippen LogP) is 3.25. The number of hydrogen-bond donors (Lipinski definition) is 1. The summed E-state index contributed by atoms with van der Waals surface area (Å²) in [6.07, 6.45) is 0.219. The summed E-state index contributed by atoms with van der Waals surface area (Å²) in [4.78, 5) is 23.5. The minimum atomic E-state index is -1.01. The minimum Gasteiger partial charge on any atom is -0.497 e. The average Bonchev–Trinajstić information content (AvgIpc) is 3.17. The smallest absolute Gasteiger partial charge is 0.303 e. The molecule has 7 heteroatoms. The van der Waals surface area contributed by atoms with E-state index in [1.807, 2.05) is 48.5 Å². The Morgan fingerprint density at radius 3 is 2.11 bits per heavy atom. The zero-order valence-corrected chi connectivity index (χ0v) is 15.8. The van der Waals surface area contributed by atoms with Crippen molar-refractivity contribution in [3.8, 4) is 11.5 Å². The molecular weight excluding hydrogens is 360 g/mol. The summed E-state index contributed by atoms with van der Waals surface area (Å²) in [5, 5.41) is 14.8. The van der Waals surface area contributed by atoms with E-state index in [0.29, 0.717) is 6.42 Å². The van der Waals surface area contributed by atoms with E-state index < -0.39 is 5.97 Å². The van der Waals surface area contributed by atoms with Crippen molar-refractivity contribution in [2.45, 2.75) is 25.3 Å². The van der Waals surface area contributed by atoms with Gasteiger partial charge in [0.15, 0.2) is 0 Å². The van der Waals surface area contributed by atoms with Crippen LogP contribution in [0.4, 0.5) is 0 Å². The van der Waals surface area contributed by atoms with Crippen LogP contribution >= 0.6 is 0 Å². The van der Waals surface area contributed by atoms with Gasteiger partial charge in [-0.3, -0.25) is 9.59 Å². The summed E-state index contributed by atoms with van der Waals surface area (Å²) in [6.45, 7) is 0. The van der Waals surface area contributed by atoms with E-state index in [2.05, 4.69) is 5.10 Å². The van der Waals surface area contributed by atoms with Crippen molar-refractivity contribution in [3.63, 3.8) is 0 Å². The van der Waals surface area contributed by atoms with Gasteiger partial charge in [0, 0.05) is 12.8 Å². The van der Waals surface area contributed by atoms with Crippen LogP contribution < -0.4 is 9.47 Å². The molecule has 1 aliphatic heterocycles. The molecule has 0 saturated heterocycles. The topological polar surface area (TPSA) is 88.4 Å². The molecule has 0 saturated carbocycles. The van der Waals surface area contributed by atoms with Crippen LogP contribution in [-0.4, -0.2) is 41.9 Å². The Balaban J connectivity index is 1.88. The molecule has 0 aromatic heterocycles. The van der Waals surface area contributed by atoms with Crippen LogP contribution in [0.1, 0.15) is 36.4 Å². The van der Waals surface area contributed by atoms with Crippen molar-refractivity contribution in [3.05, 3.63) is 59.7 Å². The van der Waals surface area contributed by atoms with Gasteiger partial charge in [0.25, 0.3) is 0 Å². The number of carbonyl (C=O) groups is 2. The van der Waals surface area contributed by atoms with Gasteiger partial charge in [-0.1, -0.05) is 12.1 Å². The van der Waals surface area contributed by atoms with Crippen LogP contribution in [0.5, 0.6) is 11.5 Å². The molecule has 7 nitrogen and oxygen atoms in total. The number of benzene rings is 2. The maximum Gasteiger partial charge on any atom is 0.303 e. The van der Waals surface area contributed by atoms with E-state index in [4.69, 9.17) is 14.6 Å². The lowest BCUT2D eigenvalue weighted by Gasteiger charge is -2.22. The average molecular weight is 382 g/mol. The summed E-state index contributed by atoms with van der Waals surface area (Å²) < 4.78 is 10.4. The number of ether oxygens (including phenoxy) is 2. The number of methoxy groups -OCH3 is 2. The van der Waals surface area contributed by atoms with Crippen molar-refractivity contribution < 1.29 is 24.2 Å². The zero-order valence-electron chi connectivity index (χ0n) is 15.8. The lowest BCUT2D eigenvalue weighted by Crippen LogP contribution is -2.27. The normalized spacial score (nSPS) is 15.9. The highest BCUT2D eigenvalue weighted by atomic mass is 16.5. The fourth-order valence-corrected chi connectivity index (χ4v) is 3.11. The maximum atomic E-state index is 12.6. The number of rotatable bonds is 7. The quantitative estimate of drug-likeness (QED) is 0.794. The maximum absolute atomic E-state index is 12.6. The number of aliphatic carboxylic acids is 1. The molecule has 146 valence electrons. The van der Waals surface area contributed by atoms with Gasteiger partial charge in [0.05, 0.1) is 32.4 Å². The first kappa shape index (κ1) is 19.4. The van der Waals surface area contributed by atoms with Crippen molar-refractivity contribution in [2.24, 2.45) is 5.10 Å². The van der Waals surface area contributed by atoms with E-state index in [1.165, 1.54) is 5.01 Å². The Kier molecular flexibility index (Phi) is 5.93. The third-order valence-corrected chi connectivity index (χ3v) is 4.64. The molecule has 1 aliphatic rings. The molecule has 2 aromatic carbocycles. The fraction of sp³-hybridized carbons (Fsp3) is 0.286. The van der Waals surface area contributed by atoms with Gasteiger partial charge in [0.2, 0.25) is 5.91 Å². The first-order valence-electron chi connectivity index (χ1n) is 8.91. The van der Waals surface area contributed by atoms with Crippen LogP contribution in [0, 0.1) is 0 Å². The van der Waals surface area contributed by atoms with E-state index in [1.54, 1.807) is 14.2 Å². The highest BCUT2D eigenvalue weighted by molar-refractivity contribution is 6.03. The molecule has 0 bridgehead atoms. The van der Waals surface area contributed by atoms with E-state index in [9.17, 15) is 9.59 Å². The van der Waals surface area contributed by atoms with Gasteiger partial charge in [-0.25, -0.2) is 5.01 Å².